The van der Waals surface area contributed by atoms with E-state index >= 15 is 0 Å². The van der Waals surface area contributed by atoms with Crippen molar-refractivity contribution in [3.63, 3.8) is 0 Å². The summed E-state index contributed by atoms with van der Waals surface area (Å²) in [5.74, 6) is 1.15. The number of nitrogens with zero attached hydrogens (tertiary/aromatic N) is 3. The van der Waals surface area contributed by atoms with Gasteiger partial charge in [0, 0.05) is 35.9 Å². The first kappa shape index (κ1) is 22.5. The van der Waals surface area contributed by atoms with E-state index in [1.807, 2.05) is 6.07 Å². The summed E-state index contributed by atoms with van der Waals surface area (Å²) < 4.78 is 5.12. The number of benzene rings is 2. The normalized spacial score (nSPS) is 13.9. The molecule has 0 aliphatic carbocycles. The summed E-state index contributed by atoms with van der Waals surface area (Å²) in [4.78, 5) is 27.3. The van der Waals surface area contributed by atoms with E-state index in [0.717, 1.165) is 37.5 Å². The van der Waals surface area contributed by atoms with Crippen LogP contribution >= 0.6 is 11.6 Å². The second-order valence-corrected chi connectivity index (χ2v) is 8.11. The molecule has 0 atom stereocenters. The van der Waals surface area contributed by atoms with Crippen molar-refractivity contribution in [3.05, 3.63) is 71.4 Å². The van der Waals surface area contributed by atoms with Crippen LogP contribution in [0.5, 0.6) is 5.75 Å². The number of hydrogen-bond acceptors (Lipinski definition) is 6. The van der Waals surface area contributed by atoms with Crippen LogP contribution < -0.4 is 20.3 Å². The smallest absolute Gasteiger partial charge is 0.255 e. The third kappa shape index (κ3) is 5.78. The van der Waals surface area contributed by atoms with Gasteiger partial charge in [0.05, 0.1) is 7.11 Å². The number of methoxy groups -OCH3 is 1. The molecule has 2 amide bonds. The van der Waals surface area contributed by atoms with Crippen molar-refractivity contribution < 1.29 is 14.3 Å². The highest BCUT2D eigenvalue weighted by Crippen LogP contribution is 2.24. The van der Waals surface area contributed by atoms with Gasteiger partial charge < -0.3 is 20.3 Å². The molecule has 1 aromatic heterocycles. The Balaban J connectivity index is 1.28. The minimum atomic E-state index is -0.226. The molecule has 0 saturated carbocycles. The molecule has 0 radical (unpaired) electrons. The quantitative estimate of drug-likeness (QED) is 0.565. The lowest BCUT2D eigenvalue weighted by atomic mass is 9.95. The van der Waals surface area contributed by atoms with Crippen molar-refractivity contribution in [3.8, 4) is 5.75 Å². The first-order valence-corrected chi connectivity index (χ1v) is 11.0. The summed E-state index contributed by atoms with van der Waals surface area (Å²) in [6, 6.07) is 17.5. The number of aromatic nitrogens is 2. The highest BCUT2D eigenvalue weighted by Gasteiger charge is 2.26. The minimum absolute atomic E-state index is 0.0210. The molecule has 2 heterocycles. The molecule has 1 aliphatic rings. The Morgan fingerprint density at radius 1 is 0.909 bits per heavy atom. The fourth-order valence-electron chi connectivity index (χ4n) is 3.68. The zero-order chi connectivity index (χ0) is 23.2. The number of amides is 2. The van der Waals surface area contributed by atoms with E-state index in [-0.39, 0.29) is 17.7 Å². The van der Waals surface area contributed by atoms with Crippen LogP contribution in [-0.4, -0.2) is 42.2 Å². The molecule has 1 fully saturated rings. The van der Waals surface area contributed by atoms with Crippen molar-refractivity contribution in [2.75, 3.05) is 35.7 Å². The zero-order valence-electron chi connectivity index (χ0n) is 18.1. The Morgan fingerprint density at radius 2 is 1.55 bits per heavy atom. The molecule has 1 aliphatic heterocycles. The van der Waals surface area contributed by atoms with E-state index in [4.69, 9.17) is 16.3 Å². The van der Waals surface area contributed by atoms with Crippen molar-refractivity contribution in [2.45, 2.75) is 12.8 Å². The largest absolute Gasteiger partial charge is 0.497 e. The van der Waals surface area contributed by atoms with Crippen molar-refractivity contribution >= 4 is 40.6 Å². The SMILES string of the molecule is COc1ccc(NC(=O)c2ccc(NC(=O)C3CCN(c4ccc(Cl)nn4)CC3)cc2)cc1. The standard InChI is InChI=1S/C24H24ClN5O3/c1-33-20-8-6-19(7-9-20)27-23(31)16-2-4-18(5-3-16)26-24(32)17-12-14-30(15-13-17)22-11-10-21(25)28-29-22/h2-11,17H,12-15H2,1H3,(H,26,32)(H,27,31). The maximum absolute atomic E-state index is 12.7. The maximum atomic E-state index is 12.7. The molecule has 3 aromatic rings. The summed E-state index contributed by atoms with van der Waals surface area (Å²) in [7, 11) is 1.59. The molecule has 2 N–H and O–H groups in total. The van der Waals surface area contributed by atoms with Gasteiger partial charge in [-0.3, -0.25) is 9.59 Å². The molecule has 1 saturated heterocycles. The minimum Gasteiger partial charge on any atom is -0.497 e. The fourth-order valence-corrected chi connectivity index (χ4v) is 3.78. The van der Waals surface area contributed by atoms with Crippen molar-refractivity contribution in [1.82, 2.24) is 10.2 Å². The Morgan fingerprint density at radius 3 is 2.15 bits per heavy atom. The molecule has 9 heteroatoms. The molecular weight excluding hydrogens is 442 g/mol. The van der Waals surface area contributed by atoms with E-state index in [9.17, 15) is 9.59 Å². The number of hydrogen-bond donors (Lipinski definition) is 2. The third-order valence-electron chi connectivity index (χ3n) is 5.57. The summed E-state index contributed by atoms with van der Waals surface area (Å²) >= 11 is 5.79. The van der Waals surface area contributed by atoms with Crippen LogP contribution in [0.4, 0.5) is 17.2 Å². The molecule has 0 spiro atoms. The monoisotopic (exact) mass is 465 g/mol. The summed E-state index contributed by atoms with van der Waals surface area (Å²) in [5, 5.41) is 14.1. The van der Waals surface area contributed by atoms with Gasteiger partial charge in [-0.15, -0.1) is 10.2 Å². The van der Waals surface area contributed by atoms with Crippen LogP contribution in [0.1, 0.15) is 23.2 Å². The van der Waals surface area contributed by atoms with Gasteiger partial charge in [-0.2, -0.15) is 0 Å². The Kier molecular flexibility index (Phi) is 7.04. The van der Waals surface area contributed by atoms with E-state index in [1.165, 1.54) is 0 Å². The molecule has 33 heavy (non-hydrogen) atoms. The number of carbonyl (C=O) groups is 2. The average molecular weight is 466 g/mol. The molecule has 4 rings (SSSR count). The first-order valence-electron chi connectivity index (χ1n) is 10.6. The lowest BCUT2D eigenvalue weighted by Gasteiger charge is -2.31. The first-order chi connectivity index (χ1) is 16.0. The predicted molar refractivity (Wildman–Crippen MR) is 128 cm³/mol. The summed E-state index contributed by atoms with van der Waals surface area (Å²) in [5.41, 5.74) is 1.84. The second kappa shape index (κ2) is 10.3. The van der Waals surface area contributed by atoms with Crippen molar-refractivity contribution in [2.24, 2.45) is 5.92 Å². The van der Waals surface area contributed by atoms with Crippen LogP contribution in [-0.2, 0) is 4.79 Å². The number of nitrogens with one attached hydrogen (secondary N) is 2. The van der Waals surface area contributed by atoms with Crippen LogP contribution in [0.25, 0.3) is 0 Å². The maximum Gasteiger partial charge on any atom is 0.255 e. The highest BCUT2D eigenvalue weighted by molar-refractivity contribution is 6.29. The summed E-state index contributed by atoms with van der Waals surface area (Å²) in [6.45, 7) is 1.44. The molecule has 8 nitrogen and oxygen atoms in total. The second-order valence-electron chi connectivity index (χ2n) is 7.72. The number of ether oxygens (including phenoxy) is 1. The van der Waals surface area contributed by atoms with Gasteiger partial charge in [0.25, 0.3) is 5.91 Å². The lowest BCUT2D eigenvalue weighted by Crippen LogP contribution is -2.38. The Bertz CT molecular complexity index is 1100. The number of anilines is 3. The van der Waals surface area contributed by atoms with E-state index in [1.54, 1.807) is 61.7 Å². The Hall–Kier alpha value is -3.65. The highest BCUT2D eigenvalue weighted by atomic mass is 35.5. The topological polar surface area (TPSA) is 96.5 Å². The molecule has 0 unspecified atom stereocenters. The summed E-state index contributed by atoms with van der Waals surface area (Å²) in [6.07, 6.45) is 1.44. The lowest BCUT2D eigenvalue weighted by molar-refractivity contribution is -0.120. The van der Waals surface area contributed by atoms with Gasteiger partial charge in [-0.25, -0.2) is 0 Å². The molecule has 0 bridgehead atoms. The van der Waals surface area contributed by atoms with Gasteiger partial charge in [-0.05, 0) is 73.5 Å². The van der Waals surface area contributed by atoms with Crippen LogP contribution in [0.2, 0.25) is 5.15 Å². The van der Waals surface area contributed by atoms with E-state index < -0.39 is 0 Å². The van der Waals surface area contributed by atoms with Crippen LogP contribution in [0.15, 0.2) is 60.7 Å². The van der Waals surface area contributed by atoms with Gasteiger partial charge in [0.2, 0.25) is 5.91 Å². The van der Waals surface area contributed by atoms with E-state index in [0.29, 0.717) is 22.1 Å². The van der Waals surface area contributed by atoms with E-state index in [2.05, 4.69) is 25.7 Å². The van der Waals surface area contributed by atoms with Crippen LogP contribution in [0.3, 0.4) is 0 Å². The number of piperidine rings is 1. The van der Waals surface area contributed by atoms with Gasteiger partial charge >= 0.3 is 0 Å². The Labute approximate surface area is 196 Å². The third-order valence-corrected chi connectivity index (χ3v) is 5.77. The predicted octanol–water partition coefficient (Wildman–Crippen LogP) is 4.25. The average Bonchev–Trinajstić information content (AvgIpc) is 2.85. The molecular formula is C24H24ClN5O3. The van der Waals surface area contributed by atoms with Gasteiger partial charge in [0.15, 0.2) is 11.0 Å². The van der Waals surface area contributed by atoms with Crippen molar-refractivity contribution in [1.29, 1.82) is 0 Å². The number of halogens is 1. The van der Waals surface area contributed by atoms with Crippen LogP contribution in [0, 0.1) is 5.92 Å². The zero-order valence-corrected chi connectivity index (χ0v) is 18.9. The molecule has 2 aromatic carbocycles. The fraction of sp³-hybridized carbons (Fsp3) is 0.250. The number of carbonyl (C=O) groups excluding carboxylic acids is 2. The van der Waals surface area contributed by atoms with Gasteiger partial charge in [-0.1, -0.05) is 11.6 Å². The molecule has 170 valence electrons. The van der Waals surface area contributed by atoms with Gasteiger partial charge in [0.1, 0.15) is 5.75 Å². The number of rotatable bonds is 6.